The Labute approximate surface area is 209 Å². The van der Waals surface area contributed by atoms with Gasteiger partial charge in [-0.2, -0.15) is 5.10 Å². The Morgan fingerprint density at radius 2 is 1.63 bits per heavy atom. The van der Waals surface area contributed by atoms with Crippen molar-refractivity contribution in [2.24, 2.45) is 0 Å². The van der Waals surface area contributed by atoms with E-state index in [1.807, 2.05) is 89.2 Å². The largest absolute Gasteiger partial charge is 0.494 e. The molecule has 184 valence electrons. The fourth-order valence-electron chi connectivity index (χ4n) is 3.92. The Kier molecular flexibility index (Phi) is 6.45. The van der Waals surface area contributed by atoms with E-state index in [9.17, 15) is 4.79 Å². The molecule has 0 spiro atoms. The smallest absolute Gasteiger partial charge is 0.399 e. The summed E-state index contributed by atoms with van der Waals surface area (Å²) in [6.07, 6.45) is 0.233. The number of carbonyl (C=O) groups is 1. The van der Waals surface area contributed by atoms with Crippen molar-refractivity contribution in [3.8, 4) is 5.69 Å². The van der Waals surface area contributed by atoms with E-state index >= 15 is 0 Å². The van der Waals surface area contributed by atoms with Crippen LogP contribution in [0, 0.1) is 6.92 Å². The molecular formula is C28H36BN3O3. The van der Waals surface area contributed by atoms with E-state index in [1.165, 1.54) is 5.56 Å². The van der Waals surface area contributed by atoms with Crippen LogP contribution in [-0.4, -0.2) is 34.0 Å². The fourth-order valence-corrected chi connectivity index (χ4v) is 3.92. The molecule has 4 rings (SSSR count). The third kappa shape index (κ3) is 5.36. The Balaban J connectivity index is 1.54. The van der Waals surface area contributed by atoms with Crippen molar-refractivity contribution in [2.75, 3.05) is 5.32 Å². The summed E-state index contributed by atoms with van der Waals surface area (Å²) in [6, 6.07) is 17.9. The van der Waals surface area contributed by atoms with E-state index in [-0.39, 0.29) is 17.7 Å². The summed E-state index contributed by atoms with van der Waals surface area (Å²) >= 11 is 0. The number of hydrogen-bond acceptors (Lipinski definition) is 4. The molecule has 6 nitrogen and oxygen atoms in total. The number of rotatable bonds is 5. The molecule has 0 radical (unpaired) electrons. The molecule has 35 heavy (non-hydrogen) atoms. The molecule has 1 amide bonds. The minimum atomic E-state index is -0.458. The van der Waals surface area contributed by atoms with Crippen molar-refractivity contribution in [1.29, 1.82) is 0 Å². The van der Waals surface area contributed by atoms with Gasteiger partial charge < -0.3 is 14.6 Å². The second-order valence-corrected chi connectivity index (χ2v) is 11.5. The number of carbonyl (C=O) groups excluding carboxylic acids is 1. The van der Waals surface area contributed by atoms with Gasteiger partial charge in [0.15, 0.2) is 0 Å². The first-order valence-electron chi connectivity index (χ1n) is 12.2. The Morgan fingerprint density at radius 1 is 1.00 bits per heavy atom. The van der Waals surface area contributed by atoms with Gasteiger partial charge in [0.05, 0.1) is 29.0 Å². The Morgan fingerprint density at radius 3 is 2.23 bits per heavy atom. The molecule has 0 aliphatic carbocycles. The minimum absolute atomic E-state index is 0.107. The molecule has 0 atom stereocenters. The van der Waals surface area contributed by atoms with E-state index in [4.69, 9.17) is 14.4 Å². The zero-order valence-corrected chi connectivity index (χ0v) is 22.1. The van der Waals surface area contributed by atoms with Crippen LogP contribution in [0.2, 0.25) is 0 Å². The molecule has 1 N–H and O–H groups in total. The maximum absolute atomic E-state index is 13.1. The third-order valence-corrected chi connectivity index (χ3v) is 6.86. The maximum atomic E-state index is 13.1. The van der Waals surface area contributed by atoms with Crippen molar-refractivity contribution in [3.63, 3.8) is 0 Å². The van der Waals surface area contributed by atoms with Crippen LogP contribution in [0.5, 0.6) is 0 Å². The monoisotopic (exact) mass is 473 g/mol. The lowest BCUT2D eigenvalue weighted by atomic mass is 9.78. The molecule has 7 heteroatoms. The van der Waals surface area contributed by atoms with Gasteiger partial charge in [-0.3, -0.25) is 4.79 Å². The molecular weight excluding hydrogens is 437 g/mol. The highest BCUT2D eigenvalue weighted by molar-refractivity contribution is 6.62. The average molecular weight is 473 g/mol. The first kappa shape index (κ1) is 25.2. The summed E-state index contributed by atoms with van der Waals surface area (Å²) in [7, 11) is -0.458. The van der Waals surface area contributed by atoms with E-state index in [1.54, 1.807) is 4.68 Å². The summed E-state index contributed by atoms with van der Waals surface area (Å²) in [4.78, 5) is 13.1. The van der Waals surface area contributed by atoms with E-state index < -0.39 is 18.3 Å². The van der Waals surface area contributed by atoms with Gasteiger partial charge in [0.2, 0.25) is 5.91 Å². The molecule has 1 fully saturated rings. The molecule has 2 aromatic carbocycles. The number of amides is 1. The van der Waals surface area contributed by atoms with Crippen molar-refractivity contribution in [1.82, 2.24) is 9.78 Å². The van der Waals surface area contributed by atoms with Crippen LogP contribution in [0.25, 0.3) is 5.69 Å². The normalized spacial score (nSPS) is 17.0. The first-order chi connectivity index (χ1) is 16.2. The third-order valence-electron chi connectivity index (χ3n) is 6.86. The highest BCUT2D eigenvalue weighted by Gasteiger charge is 2.51. The summed E-state index contributed by atoms with van der Waals surface area (Å²) in [5, 5.41) is 7.88. The molecule has 1 saturated heterocycles. The molecule has 1 aliphatic heterocycles. The Hall–Kier alpha value is -2.90. The minimum Gasteiger partial charge on any atom is -0.399 e. The average Bonchev–Trinajstić information content (AvgIpc) is 3.26. The quantitative estimate of drug-likeness (QED) is 0.532. The van der Waals surface area contributed by atoms with Crippen LogP contribution in [0.4, 0.5) is 5.82 Å². The maximum Gasteiger partial charge on any atom is 0.494 e. The van der Waals surface area contributed by atoms with E-state index in [2.05, 4.69) is 26.1 Å². The molecule has 1 aromatic heterocycles. The highest BCUT2D eigenvalue weighted by atomic mass is 16.7. The van der Waals surface area contributed by atoms with Gasteiger partial charge in [-0.05, 0) is 57.8 Å². The van der Waals surface area contributed by atoms with Crippen molar-refractivity contribution >= 4 is 24.3 Å². The summed E-state index contributed by atoms with van der Waals surface area (Å²) in [5.74, 6) is 0.552. The molecule has 2 heterocycles. The number of nitrogens with one attached hydrogen (secondary N) is 1. The van der Waals surface area contributed by atoms with Gasteiger partial charge in [-0.25, -0.2) is 4.68 Å². The van der Waals surface area contributed by atoms with Gasteiger partial charge in [0.1, 0.15) is 5.82 Å². The summed E-state index contributed by atoms with van der Waals surface area (Å²) in [6.45, 7) is 16.5. The van der Waals surface area contributed by atoms with Crippen LogP contribution in [0.15, 0.2) is 54.6 Å². The zero-order valence-electron chi connectivity index (χ0n) is 22.1. The number of aromatic nitrogens is 2. The zero-order chi connectivity index (χ0) is 25.6. The predicted octanol–water partition coefficient (Wildman–Crippen LogP) is 4.96. The molecule has 1 aliphatic rings. The van der Waals surface area contributed by atoms with Gasteiger partial charge in [0, 0.05) is 11.5 Å². The lowest BCUT2D eigenvalue weighted by molar-refractivity contribution is -0.115. The fraction of sp³-hybridized carbons (Fsp3) is 0.429. The highest BCUT2D eigenvalue weighted by Crippen LogP contribution is 2.36. The van der Waals surface area contributed by atoms with Crippen molar-refractivity contribution in [2.45, 2.75) is 78.4 Å². The summed E-state index contributed by atoms with van der Waals surface area (Å²) in [5.41, 5.74) is 3.83. The number of aryl methyl sites for hydroxylation is 1. The van der Waals surface area contributed by atoms with Crippen LogP contribution in [0.1, 0.15) is 65.3 Å². The topological polar surface area (TPSA) is 65.4 Å². The van der Waals surface area contributed by atoms with E-state index in [0.717, 1.165) is 22.4 Å². The standard InChI is InChI=1S/C28H36BN3O3/c1-19-12-14-22(15-13-19)32-24(18-23(31-32)26(2,3)4)30-25(33)17-20-10-9-11-21(16-20)29-34-27(5,6)28(7,8)35-29/h9-16,18H,17H2,1-8H3,(H,30,33). The van der Waals surface area contributed by atoms with Crippen LogP contribution in [-0.2, 0) is 25.9 Å². The van der Waals surface area contributed by atoms with Crippen molar-refractivity contribution < 1.29 is 14.1 Å². The van der Waals surface area contributed by atoms with Gasteiger partial charge in [0.25, 0.3) is 0 Å². The molecule has 0 unspecified atom stereocenters. The number of anilines is 1. The van der Waals surface area contributed by atoms with Gasteiger partial charge in [-0.15, -0.1) is 0 Å². The Bertz CT molecular complexity index is 1210. The molecule has 3 aromatic rings. The summed E-state index contributed by atoms with van der Waals surface area (Å²) < 4.78 is 14.2. The van der Waals surface area contributed by atoms with Crippen LogP contribution < -0.4 is 10.8 Å². The van der Waals surface area contributed by atoms with Crippen LogP contribution >= 0.6 is 0 Å². The first-order valence-corrected chi connectivity index (χ1v) is 12.2. The van der Waals surface area contributed by atoms with Crippen molar-refractivity contribution in [3.05, 3.63) is 71.4 Å². The lowest BCUT2D eigenvalue weighted by Gasteiger charge is -2.32. The van der Waals surface area contributed by atoms with Crippen LogP contribution in [0.3, 0.4) is 0 Å². The molecule has 0 bridgehead atoms. The van der Waals surface area contributed by atoms with E-state index in [0.29, 0.717) is 5.82 Å². The second kappa shape index (κ2) is 8.96. The SMILES string of the molecule is Cc1ccc(-n2nc(C(C)(C)C)cc2NC(=O)Cc2cccc(B3OC(C)(C)C(C)(C)O3)c2)cc1. The van der Waals surface area contributed by atoms with Gasteiger partial charge in [-0.1, -0.05) is 62.7 Å². The number of nitrogens with zero attached hydrogens (tertiary/aromatic N) is 2. The lowest BCUT2D eigenvalue weighted by Crippen LogP contribution is -2.41. The number of benzene rings is 2. The molecule has 0 saturated carbocycles. The number of hydrogen-bond donors (Lipinski definition) is 1. The second-order valence-electron chi connectivity index (χ2n) is 11.5. The van der Waals surface area contributed by atoms with Gasteiger partial charge >= 0.3 is 7.12 Å². The predicted molar refractivity (Wildman–Crippen MR) is 141 cm³/mol.